The van der Waals surface area contributed by atoms with Crippen molar-refractivity contribution in [1.29, 1.82) is 0 Å². The van der Waals surface area contributed by atoms with Crippen LogP contribution in [0.25, 0.3) is 0 Å². The Kier molecular flexibility index (Phi) is 6.94. The number of pyridine rings is 1. The van der Waals surface area contributed by atoms with E-state index in [1.807, 2.05) is 0 Å². The number of esters is 1. The molecule has 0 spiro atoms. The summed E-state index contributed by atoms with van der Waals surface area (Å²) in [5, 5.41) is 3.17. The topological polar surface area (TPSA) is 80.5 Å². The van der Waals surface area contributed by atoms with Gasteiger partial charge in [0, 0.05) is 18.8 Å². The van der Waals surface area contributed by atoms with Gasteiger partial charge in [-0.2, -0.15) is 0 Å². The lowest BCUT2D eigenvalue weighted by molar-refractivity contribution is 0.0527. The zero-order valence-corrected chi connectivity index (χ0v) is 13.3. The Morgan fingerprint density at radius 1 is 1.52 bits per heavy atom. The van der Waals surface area contributed by atoms with Crippen molar-refractivity contribution in [3.8, 4) is 0 Å². The summed E-state index contributed by atoms with van der Waals surface area (Å²) in [6.07, 6.45) is 2.53. The molecule has 0 saturated heterocycles. The molecule has 0 unspecified atom stereocenters. The summed E-state index contributed by atoms with van der Waals surface area (Å²) in [5.41, 5.74) is 6.66. The number of nitrogens with one attached hydrogen (secondary N) is 1. The number of carbonyl (C=O) groups excluding carboxylic acids is 1. The Hall–Kier alpha value is -1.82. The van der Waals surface area contributed by atoms with Crippen molar-refractivity contribution in [1.82, 2.24) is 9.88 Å². The van der Waals surface area contributed by atoms with Crippen LogP contribution in [0.15, 0.2) is 12.3 Å². The van der Waals surface area contributed by atoms with E-state index in [9.17, 15) is 4.79 Å². The molecule has 0 amide bonds. The first-order valence-corrected chi connectivity index (χ1v) is 7.33. The number of rotatable bonds is 8. The molecule has 0 aliphatic carbocycles. The van der Waals surface area contributed by atoms with Crippen molar-refractivity contribution < 1.29 is 9.53 Å². The number of nitrogen functional groups attached to an aromatic ring is 1. The van der Waals surface area contributed by atoms with E-state index in [2.05, 4.69) is 36.1 Å². The summed E-state index contributed by atoms with van der Waals surface area (Å²) in [6.45, 7) is 8.15. The lowest BCUT2D eigenvalue weighted by Gasteiger charge is -2.21. The van der Waals surface area contributed by atoms with Gasteiger partial charge in [-0.1, -0.05) is 0 Å². The van der Waals surface area contributed by atoms with Crippen LogP contribution in [0.4, 0.5) is 11.5 Å². The van der Waals surface area contributed by atoms with E-state index in [4.69, 9.17) is 10.5 Å². The number of ether oxygens (including phenoxy) is 1. The summed E-state index contributed by atoms with van der Waals surface area (Å²) in [4.78, 5) is 18.2. The Morgan fingerprint density at radius 3 is 2.86 bits per heavy atom. The van der Waals surface area contributed by atoms with E-state index in [1.165, 1.54) is 0 Å². The third-order valence-corrected chi connectivity index (χ3v) is 3.35. The van der Waals surface area contributed by atoms with Crippen molar-refractivity contribution in [2.75, 3.05) is 37.8 Å². The fourth-order valence-electron chi connectivity index (χ4n) is 1.79. The number of hydrogen-bond acceptors (Lipinski definition) is 6. The van der Waals surface area contributed by atoms with Crippen LogP contribution in [0.5, 0.6) is 0 Å². The number of nitrogens with two attached hydrogens (primary N) is 1. The maximum Gasteiger partial charge on any atom is 0.340 e. The van der Waals surface area contributed by atoms with E-state index in [0.717, 1.165) is 19.5 Å². The number of nitrogens with zero attached hydrogens (tertiary/aromatic N) is 2. The van der Waals surface area contributed by atoms with Crippen LogP contribution < -0.4 is 11.1 Å². The maximum absolute atomic E-state index is 11.7. The molecule has 1 heterocycles. The highest BCUT2D eigenvalue weighted by molar-refractivity contribution is 5.97. The van der Waals surface area contributed by atoms with Crippen LogP contribution in [0.1, 0.15) is 37.6 Å². The van der Waals surface area contributed by atoms with E-state index in [-0.39, 0.29) is 0 Å². The Labute approximate surface area is 126 Å². The molecular formula is C15H26N4O2. The van der Waals surface area contributed by atoms with Crippen LogP contribution in [0, 0.1) is 0 Å². The van der Waals surface area contributed by atoms with Gasteiger partial charge in [0.1, 0.15) is 5.82 Å². The molecule has 0 radical (unpaired) electrons. The van der Waals surface area contributed by atoms with Gasteiger partial charge in [-0.15, -0.1) is 0 Å². The number of carbonyl (C=O) groups is 1. The van der Waals surface area contributed by atoms with Gasteiger partial charge in [-0.05, 0) is 46.9 Å². The van der Waals surface area contributed by atoms with Crippen molar-refractivity contribution >= 4 is 17.5 Å². The molecule has 3 N–H and O–H groups in total. The Bertz CT molecular complexity index is 463. The van der Waals surface area contributed by atoms with Crippen molar-refractivity contribution in [2.45, 2.75) is 33.2 Å². The molecule has 0 saturated carbocycles. The molecule has 0 aliphatic heterocycles. The lowest BCUT2D eigenvalue weighted by Crippen LogP contribution is -2.28. The summed E-state index contributed by atoms with van der Waals surface area (Å²) in [5.74, 6) is 0.118. The zero-order chi connectivity index (χ0) is 15.8. The van der Waals surface area contributed by atoms with E-state index in [1.54, 1.807) is 19.2 Å². The van der Waals surface area contributed by atoms with Gasteiger partial charge in [-0.25, -0.2) is 9.78 Å². The van der Waals surface area contributed by atoms with E-state index >= 15 is 0 Å². The average molecular weight is 294 g/mol. The molecule has 1 aromatic heterocycles. The van der Waals surface area contributed by atoms with Gasteiger partial charge in [-0.3, -0.25) is 0 Å². The molecule has 6 nitrogen and oxygen atoms in total. The van der Waals surface area contributed by atoms with Crippen LogP contribution >= 0.6 is 0 Å². The van der Waals surface area contributed by atoms with Gasteiger partial charge < -0.3 is 20.7 Å². The molecule has 0 atom stereocenters. The minimum atomic E-state index is -0.417. The summed E-state index contributed by atoms with van der Waals surface area (Å²) < 4.78 is 4.97. The lowest BCUT2D eigenvalue weighted by atomic mass is 10.2. The molecule has 21 heavy (non-hydrogen) atoms. The first-order valence-electron chi connectivity index (χ1n) is 7.33. The number of aromatic nitrogens is 1. The smallest absolute Gasteiger partial charge is 0.340 e. The molecule has 1 rings (SSSR count). The van der Waals surface area contributed by atoms with Gasteiger partial charge in [0.2, 0.25) is 0 Å². The Morgan fingerprint density at radius 2 is 2.24 bits per heavy atom. The first-order chi connectivity index (χ1) is 9.97. The standard InChI is InChI=1S/C15H26N4O2/c1-5-21-15(20)12-7-9-18-14(13(12)16)17-8-6-10-19(4)11(2)3/h7,9,11H,5-6,8,10,16H2,1-4H3,(H,17,18). The van der Waals surface area contributed by atoms with Gasteiger partial charge in [0.25, 0.3) is 0 Å². The molecule has 118 valence electrons. The number of hydrogen-bond donors (Lipinski definition) is 2. The highest BCUT2D eigenvalue weighted by Gasteiger charge is 2.14. The predicted molar refractivity (Wildman–Crippen MR) is 85.5 cm³/mol. The van der Waals surface area contributed by atoms with E-state index < -0.39 is 5.97 Å². The molecule has 0 aliphatic rings. The van der Waals surface area contributed by atoms with Crippen molar-refractivity contribution in [2.24, 2.45) is 0 Å². The second-order valence-electron chi connectivity index (χ2n) is 5.20. The predicted octanol–water partition coefficient (Wildman–Crippen LogP) is 1.98. The van der Waals surface area contributed by atoms with E-state index in [0.29, 0.717) is 29.7 Å². The molecule has 1 aromatic rings. The van der Waals surface area contributed by atoms with Gasteiger partial charge in [0.05, 0.1) is 17.9 Å². The minimum Gasteiger partial charge on any atom is -0.462 e. The highest BCUT2D eigenvalue weighted by Crippen LogP contribution is 2.20. The summed E-state index contributed by atoms with van der Waals surface area (Å²) >= 11 is 0. The summed E-state index contributed by atoms with van der Waals surface area (Å²) in [7, 11) is 2.10. The molecular weight excluding hydrogens is 268 g/mol. The minimum absolute atomic E-state index is 0.324. The van der Waals surface area contributed by atoms with Crippen LogP contribution in [0.2, 0.25) is 0 Å². The fraction of sp³-hybridized carbons (Fsp3) is 0.600. The highest BCUT2D eigenvalue weighted by atomic mass is 16.5. The largest absolute Gasteiger partial charge is 0.462 e. The van der Waals surface area contributed by atoms with Crippen LogP contribution in [-0.2, 0) is 4.74 Å². The summed E-state index contributed by atoms with van der Waals surface area (Å²) in [6, 6.07) is 2.10. The molecule has 0 fully saturated rings. The Balaban J connectivity index is 2.56. The fourth-order valence-corrected chi connectivity index (χ4v) is 1.79. The maximum atomic E-state index is 11.7. The molecule has 0 bridgehead atoms. The third kappa shape index (κ3) is 5.23. The molecule has 0 aromatic carbocycles. The molecule has 6 heteroatoms. The normalized spacial score (nSPS) is 11.0. The average Bonchev–Trinajstić information content (AvgIpc) is 2.44. The second-order valence-corrected chi connectivity index (χ2v) is 5.20. The second kappa shape index (κ2) is 8.46. The van der Waals surface area contributed by atoms with Gasteiger partial charge >= 0.3 is 5.97 Å². The van der Waals surface area contributed by atoms with Crippen LogP contribution in [0.3, 0.4) is 0 Å². The van der Waals surface area contributed by atoms with Crippen molar-refractivity contribution in [3.63, 3.8) is 0 Å². The quantitative estimate of drug-likeness (QED) is 0.564. The first kappa shape index (κ1) is 17.2. The van der Waals surface area contributed by atoms with Crippen molar-refractivity contribution in [3.05, 3.63) is 17.8 Å². The van der Waals surface area contributed by atoms with Crippen LogP contribution in [-0.4, -0.2) is 48.6 Å². The number of anilines is 2. The zero-order valence-electron chi connectivity index (χ0n) is 13.3. The monoisotopic (exact) mass is 294 g/mol. The third-order valence-electron chi connectivity index (χ3n) is 3.35. The van der Waals surface area contributed by atoms with Gasteiger partial charge in [0.15, 0.2) is 0 Å². The SMILES string of the molecule is CCOC(=O)c1ccnc(NCCCN(C)C(C)C)c1N.